The quantitative estimate of drug-likeness (QED) is 0.833. The molecule has 2 amide bonds. The second-order valence-corrected chi connectivity index (χ2v) is 5.25. The molecule has 0 aliphatic rings. The molecule has 1 aromatic heterocycles. The Bertz CT molecular complexity index is 637. The topological polar surface area (TPSA) is 66.9 Å². The van der Waals surface area contributed by atoms with Crippen LogP contribution in [0.1, 0.15) is 25.5 Å². The molecular formula is C17H20N4O. The van der Waals surface area contributed by atoms with Crippen molar-refractivity contribution in [2.24, 2.45) is 0 Å². The summed E-state index contributed by atoms with van der Waals surface area (Å²) in [6.45, 7) is 8.04. The van der Waals surface area contributed by atoms with Gasteiger partial charge in [0.05, 0.1) is 6.04 Å². The average Bonchev–Trinajstić information content (AvgIpc) is 2.54. The van der Waals surface area contributed by atoms with Crippen molar-refractivity contribution in [2.45, 2.75) is 19.9 Å². The Hall–Kier alpha value is -2.69. The lowest BCUT2D eigenvalue weighted by Crippen LogP contribution is -2.37. The predicted molar refractivity (Wildman–Crippen MR) is 87.2 cm³/mol. The molecule has 0 fully saturated rings. The number of aromatic nitrogens is 2. The molecule has 5 heteroatoms. The molecule has 2 N–H and O–H groups in total. The van der Waals surface area contributed by atoms with Gasteiger partial charge in [-0.15, -0.1) is 0 Å². The summed E-state index contributed by atoms with van der Waals surface area (Å²) in [5, 5.41) is 5.65. The SMILES string of the molecule is C=C(C)CNC(=O)N[C@@H](C)c1ccc(-c2cncnc2)cc1. The Morgan fingerprint density at radius 3 is 2.41 bits per heavy atom. The lowest BCUT2D eigenvalue weighted by atomic mass is 10.0. The van der Waals surface area contributed by atoms with Gasteiger partial charge in [-0.1, -0.05) is 36.4 Å². The number of urea groups is 1. The van der Waals surface area contributed by atoms with Gasteiger partial charge in [0.1, 0.15) is 6.33 Å². The summed E-state index contributed by atoms with van der Waals surface area (Å²) in [6.07, 6.45) is 5.05. The molecule has 0 saturated heterocycles. The van der Waals surface area contributed by atoms with Crippen LogP contribution in [0.4, 0.5) is 4.79 Å². The molecule has 0 spiro atoms. The van der Waals surface area contributed by atoms with Crippen LogP contribution in [0.3, 0.4) is 0 Å². The van der Waals surface area contributed by atoms with Crippen LogP contribution in [0.15, 0.2) is 55.1 Å². The Morgan fingerprint density at radius 2 is 1.82 bits per heavy atom. The van der Waals surface area contributed by atoms with Crippen molar-refractivity contribution in [1.82, 2.24) is 20.6 Å². The van der Waals surface area contributed by atoms with Crippen LogP contribution in [-0.4, -0.2) is 22.5 Å². The van der Waals surface area contributed by atoms with Gasteiger partial charge in [0.15, 0.2) is 0 Å². The fourth-order valence-corrected chi connectivity index (χ4v) is 1.97. The van der Waals surface area contributed by atoms with Crippen LogP contribution >= 0.6 is 0 Å². The van der Waals surface area contributed by atoms with E-state index < -0.39 is 0 Å². The van der Waals surface area contributed by atoms with E-state index in [0.717, 1.165) is 22.3 Å². The zero-order valence-electron chi connectivity index (χ0n) is 12.8. The van der Waals surface area contributed by atoms with Crippen molar-refractivity contribution in [3.63, 3.8) is 0 Å². The number of amides is 2. The minimum absolute atomic E-state index is 0.0776. The zero-order chi connectivity index (χ0) is 15.9. The molecule has 2 rings (SSSR count). The zero-order valence-corrected chi connectivity index (χ0v) is 12.8. The number of hydrogen-bond acceptors (Lipinski definition) is 3. The van der Waals surface area contributed by atoms with E-state index in [1.807, 2.05) is 38.1 Å². The molecule has 0 aliphatic carbocycles. The molecule has 0 unspecified atom stereocenters. The summed E-state index contributed by atoms with van der Waals surface area (Å²) in [5.41, 5.74) is 3.96. The normalized spacial score (nSPS) is 11.5. The second kappa shape index (κ2) is 7.36. The molecule has 114 valence electrons. The number of nitrogens with one attached hydrogen (secondary N) is 2. The number of hydrogen-bond donors (Lipinski definition) is 2. The fraction of sp³-hybridized carbons (Fsp3) is 0.235. The van der Waals surface area contributed by atoms with Gasteiger partial charge < -0.3 is 10.6 Å². The third-order valence-electron chi connectivity index (χ3n) is 3.20. The summed E-state index contributed by atoms with van der Waals surface area (Å²) in [6, 6.07) is 7.70. The van der Waals surface area contributed by atoms with Crippen LogP contribution in [0.25, 0.3) is 11.1 Å². The molecule has 0 saturated carbocycles. The first-order valence-electron chi connectivity index (χ1n) is 7.10. The van der Waals surface area contributed by atoms with E-state index in [-0.39, 0.29) is 12.1 Å². The summed E-state index contributed by atoms with van der Waals surface area (Å²) in [5.74, 6) is 0. The molecule has 0 aliphatic heterocycles. The summed E-state index contributed by atoms with van der Waals surface area (Å²) >= 11 is 0. The molecule has 2 aromatic rings. The van der Waals surface area contributed by atoms with Crippen LogP contribution in [0.2, 0.25) is 0 Å². The molecule has 1 aromatic carbocycles. The monoisotopic (exact) mass is 296 g/mol. The second-order valence-electron chi connectivity index (χ2n) is 5.25. The Morgan fingerprint density at radius 1 is 1.18 bits per heavy atom. The Labute approximate surface area is 130 Å². The Balaban J connectivity index is 1.98. The third kappa shape index (κ3) is 4.41. The maximum atomic E-state index is 11.7. The summed E-state index contributed by atoms with van der Waals surface area (Å²) in [7, 11) is 0. The van der Waals surface area contributed by atoms with Crippen LogP contribution in [0, 0.1) is 0 Å². The van der Waals surface area contributed by atoms with Gasteiger partial charge in [0, 0.05) is 24.5 Å². The standard InChI is InChI=1S/C17H20N4O/c1-12(2)8-20-17(22)21-13(3)14-4-6-15(7-5-14)16-9-18-11-19-10-16/h4-7,9-11,13H,1,8H2,2-3H3,(H2,20,21,22)/t13-/m0/s1. The van der Waals surface area contributed by atoms with E-state index in [2.05, 4.69) is 27.2 Å². The number of benzene rings is 1. The van der Waals surface area contributed by atoms with E-state index >= 15 is 0 Å². The molecule has 1 atom stereocenters. The minimum Gasteiger partial charge on any atom is -0.334 e. The highest BCUT2D eigenvalue weighted by molar-refractivity contribution is 5.74. The Kier molecular flexibility index (Phi) is 5.25. The van der Waals surface area contributed by atoms with Crippen molar-refractivity contribution in [3.05, 3.63) is 60.7 Å². The molecule has 0 radical (unpaired) electrons. The van der Waals surface area contributed by atoms with E-state index in [9.17, 15) is 4.79 Å². The summed E-state index contributed by atoms with van der Waals surface area (Å²) in [4.78, 5) is 19.8. The van der Waals surface area contributed by atoms with Crippen LogP contribution in [0.5, 0.6) is 0 Å². The van der Waals surface area contributed by atoms with Crippen molar-refractivity contribution in [2.75, 3.05) is 6.54 Å². The maximum absolute atomic E-state index is 11.7. The third-order valence-corrected chi connectivity index (χ3v) is 3.20. The van der Waals surface area contributed by atoms with Crippen molar-refractivity contribution in [3.8, 4) is 11.1 Å². The minimum atomic E-state index is -0.198. The van der Waals surface area contributed by atoms with E-state index in [1.54, 1.807) is 12.4 Å². The molecule has 0 bridgehead atoms. The maximum Gasteiger partial charge on any atom is 0.315 e. The van der Waals surface area contributed by atoms with E-state index in [0.29, 0.717) is 6.54 Å². The van der Waals surface area contributed by atoms with Crippen molar-refractivity contribution < 1.29 is 4.79 Å². The fourth-order valence-electron chi connectivity index (χ4n) is 1.97. The molecular weight excluding hydrogens is 276 g/mol. The van der Waals surface area contributed by atoms with Gasteiger partial charge in [-0.25, -0.2) is 14.8 Å². The van der Waals surface area contributed by atoms with Crippen molar-refractivity contribution >= 4 is 6.03 Å². The predicted octanol–water partition coefficient (Wildman–Crippen LogP) is 3.08. The largest absolute Gasteiger partial charge is 0.334 e. The van der Waals surface area contributed by atoms with E-state index in [4.69, 9.17) is 0 Å². The molecule has 1 heterocycles. The number of nitrogens with zero attached hydrogens (tertiary/aromatic N) is 2. The first-order valence-corrected chi connectivity index (χ1v) is 7.10. The van der Waals surface area contributed by atoms with Gasteiger partial charge in [-0.2, -0.15) is 0 Å². The highest BCUT2D eigenvalue weighted by Gasteiger charge is 2.09. The number of rotatable bonds is 5. The van der Waals surface area contributed by atoms with Gasteiger partial charge in [-0.05, 0) is 25.0 Å². The lowest BCUT2D eigenvalue weighted by molar-refractivity contribution is 0.238. The highest BCUT2D eigenvalue weighted by Crippen LogP contribution is 2.20. The number of carbonyl (C=O) groups is 1. The smallest absolute Gasteiger partial charge is 0.315 e. The van der Waals surface area contributed by atoms with Gasteiger partial charge in [0.2, 0.25) is 0 Å². The van der Waals surface area contributed by atoms with Crippen molar-refractivity contribution in [1.29, 1.82) is 0 Å². The van der Waals surface area contributed by atoms with Gasteiger partial charge in [0.25, 0.3) is 0 Å². The first-order chi connectivity index (χ1) is 10.6. The van der Waals surface area contributed by atoms with Crippen LogP contribution in [-0.2, 0) is 0 Å². The van der Waals surface area contributed by atoms with Gasteiger partial charge >= 0.3 is 6.03 Å². The highest BCUT2D eigenvalue weighted by atomic mass is 16.2. The molecule has 5 nitrogen and oxygen atoms in total. The number of carbonyl (C=O) groups excluding carboxylic acids is 1. The first kappa shape index (κ1) is 15.7. The van der Waals surface area contributed by atoms with Crippen LogP contribution < -0.4 is 10.6 Å². The lowest BCUT2D eigenvalue weighted by Gasteiger charge is -2.15. The molecule has 22 heavy (non-hydrogen) atoms. The van der Waals surface area contributed by atoms with E-state index in [1.165, 1.54) is 6.33 Å². The van der Waals surface area contributed by atoms with Gasteiger partial charge in [-0.3, -0.25) is 0 Å². The average molecular weight is 296 g/mol. The summed E-state index contributed by atoms with van der Waals surface area (Å²) < 4.78 is 0.